The van der Waals surface area contributed by atoms with Gasteiger partial charge in [-0.1, -0.05) is 37.3 Å². The minimum atomic E-state index is -0.956. The fourth-order valence-electron chi connectivity index (χ4n) is 2.61. The van der Waals surface area contributed by atoms with Gasteiger partial charge < -0.3 is 9.84 Å². The Morgan fingerprint density at radius 3 is 2.30 bits per heavy atom. The van der Waals surface area contributed by atoms with Crippen LogP contribution in [-0.4, -0.2) is 16.9 Å². The van der Waals surface area contributed by atoms with Crippen molar-refractivity contribution in [2.45, 2.75) is 33.3 Å². The summed E-state index contributed by atoms with van der Waals surface area (Å²) in [6.07, 6.45) is 0.425. The molecule has 0 amide bonds. The molecule has 0 spiro atoms. The fraction of sp³-hybridized carbons (Fsp3) is 0.263. The summed E-state index contributed by atoms with van der Waals surface area (Å²) >= 11 is 0. The van der Waals surface area contributed by atoms with Crippen LogP contribution in [0.3, 0.4) is 0 Å². The smallest absolute Gasteiger partial charge is 0.307 e. The van der Waals surface area contributed by atoms with Gasteiger partial charge in [0, 0.05) is 5.56 Å². The summed E-state index contributed by atoms with van der Waals surface area (Å²) in [7, 11) is 0. The van der Waals surface area contributed by atoms with Gasteiger partial charge in [-0.25, -0.2) is 0 Å². The van der Waals surface area contributed by atoms with E-state index in [0.717, 1.165) is 11.1 Å². The van der Waals surface area contributed by atoms with Crippen LogP contribution in [-0.2, 0) is 24.2 Å². The Morgan fingerprint density at radius 2 is 1.74 bits per heavy atom. The largest absolute Gasteiger partial charge is 0.489 e. The molecule has 0 aliphatic carbocycles. The van der Waals surface area contributed by atoms with Crippen molar-refractivity contribution in [1.82, 2.24) is 0 Å². The zero-order chi connectivity index (χ0) is 16.8. The molecule has 2 rings (SSSR count). The molecule has 2 aromatic carbocycles. The number of carboxylic acid groups (broad SMARTS) is 1. The van der Waals surface area contributed by atoms with E-state index >= 15 is 0 Å². The summed E-state index contributed by atoms with van der Waals surface area (Å²) in [5.41, 5.74) is 2.83. The summed E-state index contributed by atoms with van der Waals surface area (Å²) in [5.74, 6) is -0.453. The van der Waals surface area contributed by atoms with Crippen LogP contribution < -0.4 is 4.74 Å². The molecule has 0 saturated heterocycles. The zero-order valence-electron chi connectivity index (χ0n) is 13.3. The van der Waals surface area contributed by atoms with Crippen LogP contribution in [0.5, 0.6) is 5.75 Å². The number of hydrogen-bond donors (Lipinski definition) is 1. The number of carboxylic acids is 1. The fourth-order valence-corrected chi connectivity index (χ4v) is 2.61. The Morgan fingerprint density at radius 1 is 1.04 bits per heavy atom. The molecule has 4 nitrogen and oxygen atoms in total. The van der Waals surface area contributed by atoms with Gasteiger partial charge in [0.25, 0.3) is 0 Å². The Balaban J connectivity index is 2.35. The lowest BCUT2D eigenvalue weighted by molar-refractivity contribution is -0.136. The average molecular weight is 312 g/mol. The van der Waals surface area contributed by atoms with Gasteiger partial charge in [0.2, 0.25) is 0 Å². The van der Waals surface area contributed by atoms with Gasteiger partial charge in [-0.15, -0.1) is 0 Å². The van der Waals surface area contributed by atoms with E-state index in [1.54, 1.807) is 12.1 Å². The highest BCUT2D eigenvalue weighted by molar-refractivity contribution is 5.97. The molecule has 0 radical (unpaired) electrons. The number of hydrogen-bond acceptors (Lipinski definition) is 3. The van der Waals surface area contributed by atoms with Crippen molar-refractivity contribution >= 4 is 11.8 Å². The maximum Gasteiger partial charge on any atom is 0.307 e. The number of ether oxygens (including phenoxy) is 1. The summed E-state index contributed by atoms with van der Waals surface area (Å²) in [4.78, 5) is 22.9. The van der Waals surface area contributed by atoms with Crippen molar-refractivity contribution in [2.24, 2.45) is 0 Å². The average Bonchev–Trinajstić information content (AvgIpc) is 2.53. The lowest BCUT2D eigenvalue weighted by Crippen LogP contribution is -2.11. The predicted molar refractivity (Wildman–Crippen MR) is 87.9 cm³/mol. The van der Waals surface area contributed by atoms with E-state index in [1.807, 2.05) is 37.3 Å². The lowest BCUT2D eigenvalue weighted by atomic mass is 9.93. The van der Waals surface area contributed by atoms with Crippen molar-refractivity contribution in [2.75, 3.05) is 0 Å². The van der Waals surface area contributed by atoms with Gasteiger partial charge in [-0.05, 0) is 42.2 Å². The highest BCUT2D eigenvalue weighted by Gasteiger charge is 2.18. The maximum absolute atomic E-state index is 11.8. The molecule has 1 N–H and O–H groups in total. The topological polar surface area (TPSA) is 63.6 Å². The van der Waals surface area contributed by atoms with E-state index in [0.29, 0.717) is 29.9 Å². The number of carbonyl (C=O) groups excluding carboxylic acids is 1. The van der Waals surface area contributed by atoms with Gasteiger partial charge in [0.15, 0.2) is 5.78 Å². The van der Waals surface area contributed by atoms with Gasteiger partial charge >= 0.3 is 5.97 Å². The number of aliphatic carboxylic acids is 1. The van der Waals surface area contributed by atoms with Crippen LogP contribution in [0.1, 0.15) is 40.9 Å². The van der Waals surface area contributed by atoms with Crippen LogP contribution >= 0.6 is 0 Å². The Bertz CT molecular complexity index is 705. The molecular formula is C19H20O4. The molecule has 0 heterocycles. The standard InChI is InChI=1S/C19H20O4/c1-3-15-17(11-19(21)22)16(13(2)20)9-10-18(15)23-12-14-7-5-4-6-8-14/h4-10H,3,11-12H2,1-2H3,(H,21,22). The van der Waals surface area contributed by atoms with E-state index in [1.165, 1.54) is 6.92 Å². The van der Waals surface area contributed by atoms with Crippen LogP contribution in [0.15, 0.2) is 42.5 Å². The summed E-state index contributed by atoms with van der Waals surface area (Å²) in [6, 6.07) is 13.2. The van der Waals surface area contributed by atoms with Crippen molar-refractivity contribution in [3.05, 3.63) is 64.7 Å². The van der Waals surface area contributed by atoms with Crippen LogP contribution in [0.4, 0.5) is 0 Å². The van der Waals surface area contributed by atoms with E-state index in [-0.39, 0.29) is 12.2 Å². The minimum Gasteiger partial charge on any atom is -0.489 e. The number of ketones is 1. The molecule has 0 saturated carbocycles. The first-order valence-electron chi connectivity index (χ1n) is 7.57. The first-order chi connectivity index (χ1) is 11.0. The monoisotopic (exact) mass is 312 g/mol. The molecule has 23 heavy (non-hydrogen) atoms. The lowest BCUT2D eigenvalue weighted by Gasteiger charge is -2.16. The van der Waals surface area contributed by atoms with Crippen molar-refractivity contribution in [1.29, 1.82) is 0 Å². The second kappa shape index (κ2) is 7.58. The van der Waals surface area contributed by atoms with Crippen molar-refractivity contribution in [3.63, 3.8) is 0 Å². The second-order valence-corrected chi connectivity index (χ2v) is 5.32. The highest BCUT2D eigenvalue weighted by atomic mass is 16.5. The summed E-state index contributed by atoms with van der Waals surface area (Å²) in [6.45, 7) is 3.78. The van der Waals surface area contributed by atoms with Crippen LogP contribution in [0.2, 0.25) is 0 Å². The molecule has 0 aliphatic rings. The Kier molecular flexibility index (Phi) is 5.52. The Hall–Kier alpha value is -2.62. The number of carbonyl (C=O) groups is 2. The van der Waals surface area contributed by atoms with E-state index in [2.05, 4.69) is 0 Å². The van der Waals surface area contributed by atoms with E-state index in [4.69, 9.17) is 9.84 Å². The third kappa shape index (κ3) is 4.19. The number of Topliss-reactive ketones (excluding diaryl/α,β-unsaturated/α-hetero) is 1. The van der Waals surface area contributed by atoms with E-state index in [9.17, 15) is 9.59 Å². The molecule has 0 fully saturated rings. The minimum absolute atomic E-state index is 0.134. The normalized spacial score (nSPS) is 10.3. The molecule has 120 valence electrons. The molecule has 4 heteroatoms. The number of benzene rings is 2. The molecular weight excluding hydrogens is 292 g/mol. The van der Waals surface area contributed by atoms with Crippen molar-refractivity contribution < 1.29 is 19.4 Å². The number of rotatable bonds is 7. The summed E-state index contributed by atoms with van der Waals surface area (Å²) < 4.78 is 5.87. The van der Waals surface area contributed by atoms with Crippen LogP contribution in [0.25, 0.3) is 0 Å². The molecule has 0 unspecified atom stereocenters. The highest BCUT2D eigenvalue weighted by Crippen LogP contribution is 2.28. The second-order valence-electron chi connectivity index (χ2n) is 5.32. The van der Waals surface area contributed by atoms with Gasteiger partial charge in [0.1, 0.15) is 12.4 Å². The zero-order valence-corrected chi connectivity index (χ0v) is 13.3. The van der Waals surface area contributed by atoms with Gasteiger partial charge in [-0.2, -0.15) is 0 Å². The van der Waals surface area contributed by atoms with Gasteiger partial charge in [0.05, 0.1) is 6.42 Å². The SMILES string of the molecule is CCc1c(OCc2ccccc2)ccc(C(C)=O)c1CC(=O)O. The Labute approximate surface area is 135 Å². The molecule has 2 aromatic rings. The molecule has 0 aromatic heterocycles. The van der Waals surface area contributed by atoms with E-state index < -0.39 is 5.97 Å². The quantitative estimate of drug-likeness (QED) is 0.793. The molecule has 0 bridgehead atoms. The van der Waals surface area contributed by atoms with Gasteiger partial charge in [-0.3, -0.25) is 9.59 Å². The van der Waals surface area contributed by atoms with Crippen LogP contribution in [0, 0.1) is 0 Å². The third-order valence-electron chi connectivity index (χ3n) is 3.69. The predicted octanol–water partition coefficient (Wildman–Crippen LogP) is 3.66. The maximum atomic E-state index is 11.8. The third-order valence-corrected chi connectivity index (χ3v) is 3.69. The summed E-state index contributed by atoms with van der Waals surface area (Å²) in [5, 5.41) is 9.14. The van der Waals surface area contributed by atoms with Crippen molar-refractivity contribution in [3.8, 4) is 5.75 Å². The first-order valence-corrected chi connectivity index (χ1v) is 7.57. The first kappa shape index (κ1) is 16.7. The molecule has 0 atom stereocenters. The molecule has 0 aliphatic heterocycles.